The molecule has 0 radical (unpaired) electrons. The molecule has 0 spiro atoms. The molecule has 5 nitrogen and oxygen atoms in total. The highest BCUT2D eigenvalue weighted by Gasteiger charge is 2.18. The van der Waals surface area contributed by atoms with Gasteiger partial charge in [-0.1, -0.05) is 0 Å². The second-order valence-electron chi connectivity index (χ2n) is 4.12. The molecule has 2 aromatic rings. The molecule has 0 unspecified atom stereocenters. The van der Waals surface area contributed by atoms with Crippen LogP contribution >= 0.6 is 11.3 Å². The van der Waals surface area contributed by atoms with E-state index in [0.29, 0.717) is 12.6 Å². The topological polar surface area (TPSA) is 68.1 Å². The maximum absolute atomic E-state index is 13.5. The number of nitro groups is 1. The van der Waals surface area contributed by atoms with Gasteiger partial charge in [0.05, 0.1) is 16.1 Å². The van der Waals surface area contributed by atoms with E-state index in [4.69, 9.17) is 0 Å². The number of nitro benzene ring substituents is 1. The van der Waals surface area contributed by atoms with Gasteiger partial charge in [-0.25, -0.2) is 9.37 Å². The molecule has 0 aliphatic carbocycles. The van der Waals surface area contributed by atoms with Gasteiger partial charge in [0, 0.05) is 35.7 Å². The molecule has 0 atom stereocenters. The molecule has 0 aliphatic heterocycles. The van der Waals surface area contributed by atoms with Crippen LogP contribution in [0.25, 0.3) is 0 Å². The second-order valence-corrected chi connectivity index (χ2v) is 5.06. The van der Waals surface area contributed by atoms with Gasteiger partial charge in [-0.15, -0.1) is 11.3 Å². The predicted molar refractivity (Wildman–Crippen MR) is 70.4 cm³/mol. The molecule has 0 amide bonds. The fourth-order valence-electron chi connectivity index (χ4n) is 1.66. The van der Waals surface area contributed by atoms with Crippen molar-refractivity contribution in [3.05, 3.63) is 55.5 Å². The van der Waals surface area contributed by atoms with Crippen molar-refractivity contribution in [2.75, 3.05) is 0 Å². The van der Waals surface area contributed by atoms with Gasteiger partial charge in [0.15, 0.2) is 0 Å². The monoisotopic (exact) mass is 299 g/mol. The minimum atomic E-state index is -1.17. The number of aromatic nitrogens is 1. The Balaban J connectivity index is 2.08. The molecule has 2 rings (SSSR count). The molecular formula is C12H11F2N3O2S. The molecule has 1 aromatic heterocycles. The first kappa shape index (κ1) is 14.5. The third kappa shape index (κ3) is 3.14. The van der Waals surface area contributed by atoms with Gasteiger partial charge in [0.25, 0.3) is 0 Å². The summed E-state index contributed by atoms with van der Waals surface area (Å²) in [4.78, 5) is 14.8. The average molecular weight is 299 g/mol. The largest absolute Gasteiger partial charge is 0.308 e. The van der Waals surface area contributed by atoms with Crippen LogP contribution in [0.3, 0.4) is 0 Å². The van der Waals surface area contributed by atoms with E-state index in [-0.39, 0.29) is 12.1 Å². The van der Waals surface area contributed by atoms with Crippen molar-refractivity contribution in [1.29, 1.82) is 0 Å². The summed E-state index contributed by atoms with van der Waals surface area (Å²) < 4.78 is 26.7. The molecule has 1 aromatic carbocycles. The van der Waals surface area contributed by atoms with Crippen LogP contribution in [0.5, 0.6) is 0 Å². The maximum atomic E-state index is 13.5. The van der Waals surface area contributed by atoms with E-state index in [1.54, 1.807) is 5.51 Å². The van der Waals surface area contributed by atoms with Crippen LogP contribution in [-0.2, 0) is 13.1 Å². The van der Waals surface area contributed by atoms with Crippen LogP contribution < -0.4 is 5.32 Å². The van der Waals surface area contributed by atoms with Gasteiger partial charge < -0.3 is 5.32 Å². The number of benzene rings is 1. The normalized spacial score (nSPS) is 10.8. The van der Waals surface area contributed by atoms with Crippen molar-refractivity contribution in [3.8, 4) is 0 Å². The van der Waals surface area contributed by atoms with Crippen LogP contribution in [0.1, 0.15) is 16.1 Å². The maximum Gasteiger partial charge on any atom is 0.305 e. The van der Waals surface area contributed by atoms with Crippen LogP contribution in [-0.4, -0.2) is 9.91 Å². The van der Waals surface area contributed by atoms with Crippen molar-refractivity contribution < 1.29 is 13.7 Å². The Morgan fingerprint density at radius 1 is 1.35 bits per heavy atom. The zero-order valence-electron chi connectivity index (χ0n) is 10.5. The fraction of sp³-hybridized carbons (Fsp3) is 0.250. The number of hydrogen-bond donors (Lipinski definition) is 1. The zero-order chi connectivity index (χ0) is 14.7. The Kier molecular flexibility index (Phi) is 4.35. The summed E-state index contributed by atoms with van der Waals surface area (Å²) in [6.45, 7) is 2.41. The van der Waals surface area contributed by atoms with Gasteiger partial charge >= 0.3 is 5.69 Å². The van der Waals surface area contributed by atoms with E-state index in [9.17, 15) is 18.9 Å². The summed E-state index contributed by atoms with van der Waals surface area (Å²) >= 11 is 1.46. The summed E-state index contributed by atoms with van der Waals surface area (Å²) in [5, 5.41) is 13.6. The van der Waals surface area contributed by atoms with E-state index in [1.807, 2.05) is 6.92 Å². The SMILES string of the molecule is Cc1ncsc1CNCc1cc([N+](=O)[O-])c(F)cc1F. The minimum absolute atomic E-state index is 0.0558. The highest BCUT2D eigenvalue weighted by Crippen LogP contribution is 2.21. The van der Waals surface area contributed by atoms with Gasteiger partial charge in [-0.05, 0) is 6.92 Å². The number of rotatable bonds is 5. The van der Waals surface area contributed by atoms with E-state index in [1.165, 1.54) is 11.3 Å². The lowest BCUT2D eigenvalue weighted by atomic mass is 10.1. The molecule has 0 fully saturated rings. The van der Waals surface area contributed by atoms with E-state index < -0.39 is 22.2 Å². The van der Waals surface area contributed by atoms with Crippen LogP contribution in [0.4, 0.5) is 14.5 Å². The van der Waals surface area contributed by atoms with E-state index in [2.05, 4.69) is 10.3 Å². The van der Waals surface area contributed by atoms with Gasteiger partial charge in [-0.3, -0.25) is 10.1 Å². The van der Waals surface area contributed by atoms with Crippen molar-refractivity contribution in [3.63, 3.8) is 0 Å². The lowest BCUT2D eigenvalue weighted by molar-refractivity contribution is -0.387. The molecule has 1 N–H and O–H groups in total. The molecule has 1 heterocycles. The fourth-order valence-corrected chi connectivity index (χ4v) is 2.41. The third-order valence-corrected chi connectivity index (χ3v) is 3.69. The van der Waals surface area contributed by atoms with Crippen LogP contribution in [0, 0.1) is 28.7 Å². The first-order valence-corrected chi connectivity index (χ1v) is 6.59. The molecule has 106 valence electrons. The van der Waals surface area contributed by atoms with E-state index in [0.717, 1.165) is 16.6 Å². The minimum Gasteiger partial charge on any atom is -0.308 e. The quantitative estimate of drug-likeness (QED) is 0.681. The van der Waals surface area contributed by atoms with Crippen molar-refractivity contribution >= 4 is 17.0 Å². The first-order valence-electron chi connectivity index (χ1n) is 5.71. The molecule has 8 heteroatoms. The average Bonchev–Trinajstić information content (AvgIpc) is 2.77. The highest BCUT2D eigenvalue weighted by molar-refractivity contribution is 7.09. The summed E-state index contributed by atoms with van der Waals surface area (Å²) in [5.74, 6) is -1.98. The van der Waals surface area contributed by atoms with Gasteiger partial charge in [-0.2, -0.15) is 4.39 Å². The number of nitrogens with zero attached hydrogens (tertiary/aromatic N) is 2. The lowest BCUT2D eigenvalue weighted by Crippen LogP contribution is -2.14. The summed E-state index contributed by atoms with van der Waals surface area (Å²) in [6.07, 6.45) is 0. The smallest absolute Gasteiger partial charge is 0.305 e. The number of thiazole rings is 1. The van der Waals surface area contributed by atoms with Gasteiger partial charge in [0.2, 0.25) is 5.82 Å². The number of hydrogen-bond acceptors (Lipinski definition) is 5. The standard InChI is InChI=1S/C12H11F2N3O2S/c1-7-12(20-6-16-7)5-15-4-8-2-11(17(18)19)10(14)3-9(8)13/h2-3,6,15H,4-5H2,1H3. The highest BCUT2D eigenvalue weighted by atomic mass is 32.1. The molecule has 0 saturated heterocycles. The Bertz CT molecular complexity index is 646. The van der Waals surface area contributed by atoms with Gasteiger partial charge in [0.1, 0.15) is 5.82 Å². The number of aryl methyl sites for hydroxylation is 1. The van der Waals surface area contributed by atoms with E-state index >= 15 is 0 Å². The Morgan fingerprint density at radius 2 is 2.10 bits per heavy atom. The van der Waals surface area contributed by atoms with Crippen LogP contribution in [0.2, 0.25) is 0 Å². The Labute approximate surface area is 117 Å². The summed E-state index contributed by atoms with van der Waals surface area (Å²) in [5.41, 5.74) is 1.92. The predicted octanol–water partition coefficient (Wildman–Crippen LogP) is 2.93. The second kappa shape index (κ2) is 6.02. The van der Waals surface area contributed by atoms with Crippen LogP contribution in [0.15, 0.2) is 17.6 Å². The molecule has 0 saturated carbocycles. The number of halogens is 2. The lowest BCUT2D eigenvalue weighted by Gasteiger charge is -2.06. The Morgan fingerprint density at radius 3 is 2.70 bits per heavy atom. The first-order chi connectivity index (χ1) is 9.49. The Hall–Kier alpha value is -1.93. The summed E-state index contributed by atoms with van der Waals surface area (Å²) in [7, 11) is 0. The van der Waals surface area contributed by atoms with Crippen molar-refractivity contribution in [2.24, 2.45) is 0 Å². The molecule has 0 aliphatic rings. The summed E-state index contributed by atoms with van der Waals surface area (Å²) in [6, 6.07) is 1.45. The molecule has 0 bridgehead atoms. The zero-order valence-corrected chi connectivity index (χ0v) is 11.3. The van der Waals surface area contributed by atoms with Crippen molar-refractivity contribution in [2.45, 2.75) is 20.0 Å². The van der Waals surface area contributed by atoms with Crippen molar-refractivity contribution in [1.82, 2.24) is 10.3 Å². The molecular weight excluding hydrogens is 288 g/mol. The molecule has 20 heavy (non-hydrogen) atoms. The number of nitrogens with one attached hydrogen (secondary N) is 1. The third-order valence-electron chi connectivity index (χ3n) is 2.76.